The lowest BCUT2D eigenvalue weighted by Crippen LogP contribution is -2.32. The van der Waals surface area contributed by atoms with Crippen LogP contribution < -0.4 is 10.1 Å². The van der Waals surface area contributed by atoms with Crippen LogP contribution in [0.2, 0.25) is 0 Å². The van der Waals surface area contributed by atoms with Gasteiger partial charge in [0.05, 0.1) is 18.2 Å². The molecule has 1 unspecified atom stereocenters. The van der Waals surface area contributed by atoms with Crippen molar-refractivity contribution in [1.82, 2.24) is 9.88 Å². The third kappa shape index (κ3) is 5.20. The Morgan fingerprint density at radius 2 is 1.94 bits per heavy atom. The van der Waals surface area contributed by atoms with Gasteiger partial charge in [-0.05, 0) is 43.5 Å². The van der Waals surface area contributed by atoms with Crippen LogP contribution in [0, 0.1) is 12.7 Å². The first-order valence-electron chi connectivity index (χ1n) is 10.5. The van der Waals surface area contributed by atoms with Crippen LogP contribution in [-0.4, -0.2) is 35.6 Å². The number of carbonyl (C=O) groups excluding carboxylic acids is 2. The number of rotatable bonds is 6. The lowest BCUT2D eigenvalue weighted by molar-refractivity contribution is 0.0856. The summed E-state index contributed by atoms with van der Waals surface area (Å²) in [5, 5.41) is 2.96. The van der Waals surface area contributed by atoms with Gasteiger partial charge in [0.25, 0.3) is 11.8 Å². The van der Waals surface area contributed by atoms with Crippen LogP contribution in [0.3, 0.4) is 0 Å². The number of aromatic nitrogens is 1. The fraction of sp³-hybridized carbons (Fsp3) is 0.292. The summed E-state index contributed by atoms with van der Waals surface area (Å²) in [7, 11) is 0. The van der Waals surface area contributed by atoms with E-state index in [1.165, 1.54) is 29.5 Å². The topological polar surface area (TPSA) is 72.7 Å². The first kappa shape index (κ1) is 22.1. The van der Waals surface area contributed by atoms with Crippen molar-refractivity contribution >= 4 is 23.2 Å². The molecule has 1 saturated heterocycles. The Morgan fingerprint density at radius 1 is 1.19 bits per heavy atom. The molecule has 0 radical (unpaired) electrons. The Morgan fingerprint density at radius 3 is 2.69 bits per heavy atom. The minimum Gasteiger partial charge on any atom is -0.376 e. The van der Waals surface area contributed by atoms with E-state index in [9.17, 15) is 14.0 Å². The molecule has 0 bridgehead atoms. The molecule has 4 rings (SSSR count). The molecule has 8 heteroatoms. The monoisotopic (exact) mass is 453 g/mol. The summed E-state index contributed by atoms with van der Waals surface area (Å²) in [4.78, 5) is 30.9. The normalized spacial score (nSPS) is 16.3. The number of carbonyl (C=O) groups is 2. The molecular formula is C24H24FN3O3S. The lowest BCUT2D eigenvalue weighted by atomic mass is 10.1. The standard InChI is InChI=1S/C24H24FN3O3S/c1-16-14-28(24(32-16)27-23(30)20-10-4-5-11-21(20)25)15-17-7-2-3-9-19(17)22(29)26-13-18-8-6-12-31-18/h2-5,7,9-11,14,18H,6,8,12-13,15H2,1H3,(H,26,29). The van der Waals surface area contributed by atoms with Gasteiger partial charge in [-0.2, -0.15) is 4.99 Å². The zero-order valence-corrected chi connectivity index (χ0v) is 18.5. The van der Waals surface area contributed by atoms with E-state index in [4.69, 9.17) is 4.74 Å². The maximum atomic E-state index is 14.0. The van der Waals surface area contributed by atoms with Crippen LogP contribution in [0.1, 0.15) is 44.0 Å². The number of aryl methyl sites for hydroxylation is 1. The number of amides is 2. The van der Waals surface area contributed by atoms with Crippen LogP contribution >= 0.6 is 11.3 Å². The molecule has 3 aromatic rings. The van der Waals surface area contributed by atoms with E-state index in [1.54, 1.807) is 12.1 Å². The molecule has 1 N–H and O–H groups in total. The predicted octanol–water partition coefficient (Wildman–Crippen LogP) is 3.70. The molecule has 2 amide bonds. The molecule has 32 heavy (non-hydrogen) atoms. The first-order chi connectivity index (χ1) is 15.5. The van der Waals surface area contributed by atoms with E-state index in [1.807, 2.05) is 35.9 Å². The second kappa shape index (κ2) is 10.0. The van der Waals surface area contributed by atoms with Gasteiger partial charge >= 0.3 is 0 Å². The maximum Gasteiger partial charge on any atom is 0.282 e. The summed E-state index contributed by atoms with van der Waals surface area (Å²) >= 11 is 1.34. The summed E-state index contributed by atoms with van der Waals surface area (Å²) in [5.74, 6) is -1.40. The van der Waals surface area contributed by atoms with E-state index in [2.05, 4.69) is 10.3 Å². The van der Waals surface area contributed by atoms with Gasteiger partial charge in [0, 0.05) is 29.8 Å². The number of halogens is 1. The molecule has 1 aliphatic rings. The van der Waals surface area contributed by atoms with Crippen molar-refractivity contribution in [3.05, 3.63) is 86.9 Å². The fourth-order valence-electron chi connectivity index (χ4n) is 3.66. The molecule has 166 valence electrons. The molecule has 0 aliphatic carbocycles. The maximum absolute atomic E-state index is 14.0. The van der Waals surface area contributed by atoms with Crippen molar-refractivity contribution in [3.8, 4) is 0 Å². The molecule has 1 aromatic heterocycles. The van der Waals surface area contributed by atoms with Gasteiger partial charge in [0.15, 0.2) is 4.80 Å². The Bertz CT molecular complexity index is 1190. The highest BCUT2D eigenvalue weighted by Gasteiger charge is 2.18. The van der Waals surface area contributed by atoms with Crippen molar-refractivity contribution in [2.24, 2.45) is 4.99 Å². The zero-order valence-electron chi connectivity index (χ0n) is 17.7. The van der Waals surface area contributed by atoms with Crippen molar-refractivity contribution in [2.75, 3.05) is 13.2 Å². The molecule has 2 heterocycles. The number of hydrogen-bond donors (Lipinski definition) is 1. The quantitative estimate of drug-likeness (QED) is 0.619. The van der Waals surface area contributed by atoms with Crippen molar-refractivity contribution in [2.45, 2.75) is 32.4 Å². The van der Waals surface area contributed by atoms with Crippen LogP contribution in [0.15, 0.2) is 59.7 Å². The van der Waals surface area contributed by atoms with Crippen molar-refractivity contribution in [1.29, 1.82) is 0 Å². The third-order valence-corrected chi connectivity index (χ3v) is 6.19. The van der Waals surface area contributed by atoms with Crippen molar-refractivity contribution in [3.63, 3.8) is 0 Å². The molecule has 1 aliphatic heterocycles. The van der Waals surface area contributed by atoms with Gasteiger partial charge in [0.1, 0.15) is 5.82 Å². The minimum absolute atomic E-state index is 0.0646. The first-order valence-corrected chi connectivity index (χ1v) is 11.3. The molecule has 1 fully saturated rings. The Hall–Kier alpha value is -3.10. The highest BCUT2D eigenvalue weighted by molar-refractivity contribution is 7.09. The second-order valence-electron chi connectivity index (χ2n) is 7.65. The number of benzene rings is 2. The molecule has 0 spiro atoms. The highest BCUT2D eigenvalue weighted by Crippen LogP contribution is 2.14. The van der Waals surface area contributed by atoms with Gasteiger partial charge in [-0.3, -0.25) is 9.59 Å². The van der Waals surface area contributed by atoms with E-state index in [-0.39, 0.29) is 17.6 Å². The molecule has 0 saturated carbocycles. The van der Waals surface area contributed by atoms with Crippen LogP contribution in [-0.2, 0) is 11.3 Å². The Labute approximate surface area is 189 Å². The summed E-state index contributed by atoms with van der Waals surface area (Å²) in [6, 6.07) is 13.1. The average molecular weight is 454 g/mol. The minimum atomic E-state index is -0.638. The predicted molar refractivity (Wildman–Crippen MR) is 120 cm³/mol. The Kier molecular flexibility index (Phi) is 6.92. The van der Waals surface area contributed by atoms with Crippen molar-refractivity contribution < 1.29 is 18.7 Å². The number of ether oxygens (including phenoxy) is 1. The molecule has 2 aromatic carbocycles. The van der Waals surface area contributed by atoms with Gasteiger partial charge in [0.2, 0.25) is 0 Å². The highest BCUT2D eigenvalue weighted by atomic mass is 32.1. The zero-order chi connectivity index (χ0) is 22.5. The van der Waals surface area contributed by atoms with Gasteiger partial charge < -0.3 is 14.6 Å². The van der Waals surface area contributed by atoms with E-state index in [0.717, 1.165) is 29.9 Å². The second-order valence-corrected chi connectivity index (χ2v) is 8.86. The molecule has 6 nitrogen and oxygen atoms in total. The van der Waals surface area contributed by atoms with Gasteiger partial charge in [-0.1, -0.05) is 30.3 Å². The van der Waals surface area contributed by atoms with Gasteiger partial charge in [-0.25, -0.2) is 4.39 Å². The van der Waals surface area contributed by atoms with E-state index >= 15 is 0 Å². The molecule has 1 atom stereocenters. The summed E-state index contributed by atoms with van der Waals surface area (Å²) < 4.78 is 21.4. The number of nitrogens with zero attached hydrogens (tertiary/aromatic N) is 2. The summed E-state index contributed by atoms with van der Waals surface area (Å²) in [5.41, 5.74) is 1.29. The van der Waals surface area contributed by atoms with Crippen LogP contribution in [0.4, 0.5) is 4.39 Å². The summed E-state index contributed by atoms with van der Waals surface area (Å²) in [6.45, 7) is 3.49. The Balaban J connectivity index is 1.57. The largest absolute Gasteiger partial charge is 0.376 e. The number of thiazole rings is 1. The van der Waals surface area contributed by atoms with E-state index in [0.29, 0.717) is 23.5 Å². The lowest BCUT2D eigenvalue weighted by Gasteiger charge is -2.13. The number of hydrogen-bond acceptors (Lipinski definition) is 4. The average Bonchev–Trinajstić information content (AvgIpc) is 3.42. The SMILES string of the molecule is Cc1cn(Cc2ccccc2C(=O)NCC2CCCO2)c(=NC(=O)c2ccccc2F)s1. The number of nitrogens with one attached hydrogen (secondary N) is 1. The van der Waals surface area contributed by atoms with Gasteiger partial charge in [-0.15, -0.1) is 11.3 Å². The fourth-order valence-corrected chi connectivity index (χ4v) is 4.49. The van der Waals surface area contributed by atoms with Crippen LogP contribution in [0.5, 0.6) is 0 Å². The van der Waals surface area contributed by atoms with Crippen LogP contribution in [0.25, 0.3) is 0 Å². The third-order valence-electron chi connectivity index (χ3n) is 5.25. The smallest absolute Gasteiger partial charge is 0.282 e. The molecular weight excluding hydrogens is 429 g/mol. The van der Waals surface area contributed by atoms with E-state index < -0.39 is 11.7 Å². The summed E-state index contributed by atoms with van der Waals surface area (Å²) in [6.07, 6.45) is 3.91.